The van der Waals surface area contributed by atoms with Crippen LogP contribution in [0.25, 0.3) is 0 Å². The van der Waals surface area contributed by atoms with Gasteiger partial charge >= 0.3 is 0 Å². The van der Waals surface area contributed by atoms with Gasteiger partial charge in [0.1, 0.15) is 6.54 Å². The Balaban J connectivity index is 1.99. The van der Waals surface area contributed by atoms with Gasteiger partial charge in [-0.05, 0) is 6.42 Å². The first-order valence-electron chi connectivity index (χ1n) is 5.72. The smallest absolute Gasteiger partial charge is 0.187 e. The molecule has 0 fully saturated rings. The lowest BCUT2D eigenvalue weighted by Crippen LogP contribution is -2.32. The Morgan fingerprint density at radius 1 is 0.929 bits per heavy atom. The van der Waals surface area contributed by atoms with E-state index in [1.165, 1.54) is 38.5 Å². The van der Waals surface area contributed by atoms with Crippen molar-refractivity contribution in [3.8, 4) is 0 Å². The van der Waals surface area contributed by atoms with E-state index in [4.69, 9.17) is 0 Å². The van der Waals surface area contributed by atoms with E-state index < -0.39 is 0 Å². The molecule has 0 bridgehead atoms. The molecule has 0 aromatic carbocycles. The molecule has 0 aliphatic heterocycles. The van der Waals surface area contributed by atoms with E-state index >= 15 is 0 Å². The van der Waals surface area contributed by atoms with Crippen LogP contribution in [0.4, 0.5) is 0 Å². The van der Waals surface area contributed by atoms with Crippen LogP contribution < -0.4 is 4.57 Å². The first kappa shape index (κ1) is 11.2. The summed E-state index contributed by atoms with van der Waals surface area (Å²) in [5, 5.41) is 0. The van der Waals surface area contributed by atoms with Crippen LogP contribution in [0.3, 0.4) is 0 Å². The maximum atomic E-state index is 3.99. The minimum Gasteiger partial charge on any atom is -0.252 e. The molecule has 0 atom stereocenters. The molecule has 0 radical (unpaired) electrons. The number of hydrogen-bond donors (Lipinski definition) is 0. The van der Waals surface area contributed by atoms with Gasteiger partial charge in [-0.2, -0.15) is 0 Å². The summed E-state index contributed by atoms with van der Waals surface area (Å²) in [5.41, 5.74) is 0. The van der Waals surface area contributed by atoms with E-state index in [1.54, 1.807) is 0 Å². The second-order valence-electron chi connectivity index (χ2n) is 3.75. The molecule has 1 aromatic rings. The molecule has 0 spiro atoms. The molecular formula is C12H21N2+. The predicted molar refractivity (Wildman–Crippen MR) is 57.8 cm³/mol. The van der Waals surface area contributed by atoms with Gasteiger partial charge in [0.05, 0.1) is 12.4 Å². The second kappa shape index (κ2) is 7.48. The molecule has 0 saturated carbocycles. The Hall–Kier alpha value is -0.920. The summed E-state index contributed by atoms with van der Waals surface area (Å²) in [6.45, 7) is 3.39. The monoisotopic (exact) mass is 193 g/mol. The zero-order valence-corrected chi connectivity index (χ0v) is 9.15. The van der Waals surface area contributed by atoms with Crippen LogP contribution in [0.5, 0.6) is 0 Å². The van der Waals surface area contributed by atoms with Crippen molar-refractivity contribution in [2.45, 2.75) is 52.0 Å². The SMILES string of the molecule is CCCCCCCC[n+]1ccncc1. The summed E-state index contributed by atoms with van der Waals surface area (Å²) >= 11 is 0. The van der Waals surface area contributed by atoms with Gasteiger partial charge in [-0.25, -0.2) is 4.57 Å². The number of hydrogen-bond acceptors (Lipinski definition) is 1. The Kier molecular flexibility index (Phi) is 5.96. The average molecular weight is 193 g/mol. The molecule has 2 nitrogen and oxygen atoms in total. The van der Waals surface area contributed by atoms with Crippen LogP contribution >= 0.6 is 0 Å². The third-order valence-electron chi connectivity index (χ3n) is 2.46. The van der Waals surface area contributed by atoms with Crippen molar-refractivity contribution in [3.05, 3.63) is 24.8 Å². The normalized spacial score (nSPS) is 10.4. The largest absolute Gasteiger partial charge is 0.252 e. The van der Waals surface area contributed by atoms with E-state index in [2.05, 4.69) is 16.5 Å². The molecular weight excluding hydrogens is 172 g/mol. The maximum absolute atomic E-state index is 3.99. The highest BCUT2D eigenvalue weighted by molar-refractivity contribution is 4.62. The molecule has 1 rings (SSSR count). The lowest BCUT2D eigenvalue weighted by atomic mass is 10.1. The Morgan fingerprint density at radius 3 is 2.29 bits per heavy atom. The molecule has 0 unspecified atom stereocenters. The van der Waals surface area contributed by atoms with Gasteiger partial charge < -0.3 is 0 Å². The number of unbranched alkanes of at least 4 members (excludes halogenated alkanes) is 5. The Bertz CT molecular complexity index is 221. The maximum Gasteiger partial charge on any atom is 0.187 e. The molecule has 78 valence electrons. The van der Waals surface area contributed by atoms with Gasteiger partial charge in [-0.3, -0.25) is 4.98 Å². The highest BCUT2D eigenvalue weighted by Gasteiger charge is 1.97. The van der Waals surface area contributed by atoms with E-state index in [1.807, 2.05) is 24.8 Å². The molecule has 0 N–H and O–H groups in total. The lowest BCUT2D eigenvalue weighted by Gasteiger charge is -1.98. The summed E-state index contributed by atoms with van der Waals surface area (Å²) < 4.78 is 2.20. The average Bonchev–Trinajstić information content (AvgIpc) is 2.25. The summed E-state index contributed by atoms with van der Waals surface area (Å²) in [6.07, 6.45) is 15.9. The van der Waals surface area contributed by atoms with Gasteiger partial charge in [0.25, 0.3) is 0 Å². The standard InChI is InChI=1S/C12H21N2/c1-2-3-4-5-6-7-10-14-11-8-13-9-12-14/h8-9,11-12H,2-7,10H2,1H3/q+1. The fourth-order valence-electron chi connectivity index (χ4n) is 1.57. The van der Waals surface area contributed by atoms with Gasteiger partial charge in [0.2, 0.25) is 0 Å². The zero-order valence-electron chi connectivity index (χ0n) is 9.15. The third-order valence-corrected chi connectivity index (χ3v) is 2.46. The fraction of sp³-hybridized carbons (Fsp3) is 0.667. The summed E-state index contributed by atoms with van der Waals surface area (Å²) in [6, 6.07) is 0. The van der Waals surface area contributed by atoms with Crippen molar-refractivity contribution < 1.29 is 4.57 Å². The highest BCUT2D eigenvalue weighted by atomic mass is 14.9. The van der Waals surface area contributed by atoms with Crippen LogP contribution in [0.2, 0.25) is 0 Å². The molecule has 1 heterocycles. The van der Waals surface area contributed by atoms with Crippen LogP contribution in [-0.2, 0) is 6.54 Å². The van der Waals surface area contributed by atoms with Crippen LogP contribution in [0.1, 0.15) is 45.4 Å². The molecule has 0 aliphatic rings. The van der Waals surface area contributed by atoms with E-state index in [0.717, 1.165) is 6.54 Å². The minimum absolute atomic E-state index is 1.13. The Morgan fingerprint density at radius 2 is 1.57 bits per heavy atom. The highest BCUT2D eigenvalue weighted by Crippen LogP contribution is 2.04. The Labute approximate surface area is 87.0 Å². The van der Waals surface area contributed by atoms with Crippen molar-refractivity contribution in [1.29, 1.82) is 0 Å². The second-order valence-corrected chi connectivity index (χ2v) is 3.75. The third kappa shape index (κ3) is 4.95. The van der Waals surface area contributed by atoms with E-state index in [0.29, 0.717) is 0 Å². The first-order chi connectivity index (χ1) is 6.93. The van der Waals surface area contributed by atoms with Gasteiger partial charge in [0.15, 0.2) is 12.4 Å². The number of nitrogens with zero attached hydrogens (tertiary/aromatic N) is 2. The number of aromatic nitrogens is 2. The van der Waals surface area contributed by atoms with E-state index in [-0.39, 0.29) is 0 Å². The molecule has 0 saturated heterocycles. The molecule has 1 aromatic heterocycles. The van der Waals surface area contributed by atoms with E-state index in [9.17, 15) is 0 Å². The topological polar surface area (TPSA) is 16.8 Å². The summed E-state index contributed by atoms with van der Waals surface area (Å²) in [5.74, 6) is 0. The number of rotatable bonds is 7. The van der Waals surface area contributed by atoms with Crippen LogP contribution in [0.15, 0.2) is 24.8 Å². The summed E-state index contributed by atoms with van der Waals surface area (Å²) in [4.78, 5) is 3.99. The molecule has 2 heteroatoms. The van der Waals surface area contributed by atoms with Crippen LogP contribution in [0, 0.1) is 0 Å². The van der Waals surface area contributed by atoms with Gasteiger partial charge in [0, 0.05) is 6.42 Å². The lowest BCUT2D eigenvalue weighted by molar-refractivity contribution is -0.697. The number of aryl methyl sites for hydroxylation is 1. The molecule has 0 amide bonds. The van der Waals surface area contributed by atoms with Crippen molar-refractivity contribution in [2.75, 3.05) is 0 Å². The van der Waals surface area contributed by atoms with Crippen LogP contribution in [-0.4, -0.2) is 4.98 Å². The van der Waals surface area contributed by atoms with Gasteiger partial charge in [-0.15, -0.1) is 0 Å². The molecule has 0 aliphatic carbocycles. The zero-order chi connectivity index (χ0) is 10.1. The van der Waals surface area contributed by atoms with Gasteiger partial charge in [-0.1, -0.05) is 32.6 Å². The minimum atomic E-state index is 1.13. The fourth-order valence-corrected chi connectivity index (χ4v) is 1.57. The quantitative estimate of drug-likeness (QED) is 0.480. The molecule has 14 heavy (non-hydrogen) atoms. The van der Waals surface area contributed by atoms with Crippen molar-refractivity contribution in [2.24, 2.45) is 0 Å². The predicted octanol–water partition coefficient (Wildman–Crippen LogP) is 2.73. The first-order valence-corrected chi connectivity index (χ1v) is 5.72. The van der Waals surface area contributed by atoms with Crippen molar-refractivity contribution in [3.63, 3.8) is 0 Å². The summed E-state index contributed by atoms with van der Waals surface area (Å²) in [7, 11) is 0. The van der Waals surface area contributed by atoms with Crippen molar-refractivity contribution in [1.82, 2.24) is 4.98 Å². The van der Waals surface area contributed by atoms with Crippen molar-refractivity contribution >= 4 is 0 Å².